The van der Waals surface area contributed by atoms with Crippen molar-refractivity contribution in [3.05, 3.63) is 54.2 Å². The average molecular weight is 325 g/mol. The molecule has 0 radical (unpaired) electrons. The van der Waals surface area contributed by atoms with Crippen molar-refractivity contribution >= 4 is 17.5 Å². The molecule has 1 aromatic heterocycles. The van der Waals surface area contributed by atoms with Gasteiger partial charge in [0.15, 0.2) is 0 Å². The number of benzene rings is 1. The molecule has 23 heavy (non-hydrogen) atoms. The zero-order chi connectivity index (χ0) is 16.4. The fourth-order valence-corrected chi connectivity index (χ4v) is 4.37. The van der Waals surface area contributed by atoms with Crippen molar-refractivity contribution in [2.24, 2.45) is 0 Å². The van der Waals surface area contributed by atoms with E-state index in [0.717, 1.165) is 11.3 Å². The molecule has 0 saturated heterocycles. The molecule has 0 aliphatic carbocycles. The first-order valence-corrected chi connectivity index (χ1v) is 9.05. The summed E-state index contributed by atoms with van der Waals surface area (Å²) in [4.78, 5) is 6.01. The molecule has 120 valence electrons. The molecule has 3 rings (SSSR count). The molecule has 1 aliphatic heterocycles. The highest BCUT2D eigenvalue weighted by molar-refractivity contribution is 7.99. The van der Waals surface area contributed by atoms with Crippen LogP contribution in [0.3, 0.4) is 0 Å². The SMILES string of the molecule is C=C(OCC)c1ccc(-c2ccc3c(c2)C(C)(C)CCS3)nc1. The van der Waals surface area contributed by atoms with Gasteiger partial charge < -0.3 is 4.74 Å². The van der Waals surface area contributed by atoms with E-state index in [0.29, 0.717) is 12.4 Å². The van der Waals surface area contributed by atoms with E-state index in [1.54, 1.807) is 0 Å². The van der Waals surface area contributed by atoms with E-state index in [4.69, 9.17) is 4.74 Å². The van der Waals surface area contributed by atoms with Gasteiger partial charge in [0.2, 0.25) is 0 Å². The Morgan fingerprint density at radius 2 is 2.13 bits per heavy atom. The number of pyridine rings is 1. The third kappa shape index (κ3) is 3.30. The van der Waals surface area contributed by atoms with Gasteiger partial charge in [0.1, 0.15) is 5.76 Å². The molecular weight excluding hydrogens is 302 g/mol. The fourth-order valence-electron chi connectivity index (χ4n) is 2.88. The maximum Gasteiger partial charge on any atom is 0.120 e. The van der Waals surface area contributed by atoms with Gasteiger partial charge in [-0.3, -0.25) is 4.98 Å². The molecule has 0 N–H and O–H groups in total. The van der Waals surface area contributed by atoms with Crippen LogP contribution < -0.4 is 0 Å². The highest BCUT2D eigenvalue weighted by Gasteiger charge is 2.28. The Morgan fingerprint density at radius 1 is 1.30 bits per heavy atom. The molecule has 2 nitrogen and oxygen atoms in total. The maximum atomic E-state index is 5.44. The summed E-state index contributed by atoms with van der Waals surface area (Å²) in [7, 11) is 0. The zero-order valence-corrected chi connectivity index (χ0v) is 14.9. The lowest BCUT2D eigenvalue weighted by Crippen LogP contribution is -2.22. The summed E-state index contributed by atoms with van der Waals surface area (Å²) in [5.41, 5.74) is 4.78. The van der Waals surface area contributed by atoms with Crippen LogP contribution in [0.2, 0.25) is 0 Å². The van der Waals surface area contributed by atoms with Gasteiger partial charge >= 0.3 is 0 Å². The van der Waals surface area contributed by atoms with Gasteiger partial charge in [0, 0.05) is 22.2 Å². The fraction of sp³-hybridized carbons (Fsp3) is 0.350. The molecule has 2 heterocycles. The number of aromatic nitrogens is 1. The lowest BCUT2D eigenvalue weighted by molar-refractivity contribution is 0.299. The standard InChI is InChI=1S/C20H23NOS/c1-5-22-14(2)16-6-8-18(21-13-16)15-7-9-19-17(12-15)20(3,4)10-11-23-19/h6-9,12-13H,2,5,10-11H2,1,3-4H3. The summed E-state index contributed by atoms with van der Waals surface area (Å²) in [5.74, 6) is 1.88. The second kappa shape index (κ2) is 6.40. The Balaban J connectivity index is 1.92. The first-order valence-electron chi connectivity index (χ1n) is 8.07. The number of fused-ring (bicyclic) bond motifs is 1. The molecule has 1 aliphatic rings. The van der Waals surface area contributed by atoms with Crippen molar-refractivity contribution in [1.29, 1.82) is 0 Å². The van der Waals surface area contributed by atoms with Gasteiger partial charge in [-0.2, -0.15) is 0 Å². The normalized spacial score (nSPS) is 15.8. The predicted molar refractivity (Wildman–Crippen MR) is 98.7 cm³/mol. The van der Waals surface area contributed by atoms with Crippen molar-refractivity contribution in [2.75, 3.05) is 12.4 Å². The van der Waals surface area contributed by atoms with Crippen molar-refractivity contribution in [3.8, 4) is 11.3 Å². The third-order valence-corrected chi connectivity index (χ3v) is 5.47. The predicted octanol–water partition coefficient (Wildman–Crippen LogP) is 5.53. The molecule has 0 amide bonds. The Kier molecular flexibility index (Phi) is 4.49. The molecule has 0 spiro atoms. The number of hydrogen-bond acceptors (Lipinski definition) is 3. The molecule has 0 atom stereocenters. The summed E-state index contributed by atoms with van der Waals surface area (Å²) in [6.45, 7) is 11.2. The molecule has 1 aromatic carbocycles. The lowest BCUT2D eigenvalue weighted by Gasteiger charge is -2.32. The first kappa shape index (κ1) is 16.1. The minimum Gasteiger partial charge on any atom is -0.494 e. The molecule has 0 saturated carbocycles. The number of hydrogen-bond donors (Lipinski definition) is 0. The van der Waals surface area contributed by atoms with Crippen LogP contribution in [0, 0.1) is 0 Å². The second-order valence-electron chi connectivity index (χ2n) is 6.48. The third-order valence-electron chi connectivity index (χ3n) is 4.39. The molecule has 0 bridgehead atoms. The van der Waals surface area contributed by atoms with Crippen molar-refractivity contribution < 1.29 is 4.74 Å². The molecule has 0 fully saturated rings. The molecule has 2 aromatic rings. The van der Waals surface area contributed by atoms with Crippen molar-refractivity contribution in [1.82, 2.24) is 4.98 Å². The van der Waals surface area contributed by atoms with E-state index in [9.17, 15) is 0 Å². The number of thioether (sulfide) groups is 1. The van der Waals surface area contributed by atoms with E-state index >= 15 is 0 Å². The van der Waals surface area contributed by atoms with E-state index in [1.165, 1.54) is 28.2 Å². The van der Waals surface area contributed by atoms with Crippen LogP contribution in [0.25, 0.3) is 17.0 Å². The van der Waals surface area contributed by atoms with Gasteiger partial charge in [-0.15, -0.1) is 11.8 Å². The average Bonchev–Trinajstić information content (AvgIpc) is 2.55. The summed E-state index contributed by atoms with van der Waals surface area (Å²) >= 11 is 1.96. The van der Waals surface area contributed by atoms with Crippen LogP contribution in [0.4, 0.5) is 0 Å². The monoisotopic (exact) mass is 325 g/mol. The summed E-state index contributed by atoms with van der Waals surface area (Å²) in [6.07, 6.45) is 3.06. The van der Waals surface area contributed by atoms with Crippen LogP contribution >= 0.6 is 11.8 Å². The van der Waals surface area contributed by atoms with Gasteiger partial charge in [-0.05, 0) is 54.3 Å². The van der Waals surface area contributed by atoms with E-state index in [2.05, 4.69) is 43.6 Å². The van der Waals surface area contributed by atoms with E-state index in [1.807, 2.05) is 37.0 Å². The summed E-state index contributed by atoms with van der Waals surface area (Å²) in [6, 6.07) is 10.8. The summed E-state index contributed by atoms with van der Waals surface area (Å²) in [5, 5.41) is 0. The zero-order valence-electron chi connectivity index (χ0n) is 14.1. The summed E-state index contributed by atoms with van der Waals surface area (Å²) < 4.78 is 5.44. The number of rotatable bonds is 4. The largest absolute Gasteiger partial charge is 0.494 e. The Labute approximate surface area is 143 Å². The lowest BCUT2D eigenvalue weighted by atomic mass is 9.81. The maximum absolute atomic E-state index is 5.44. The topological polar surface area (TPSA) is 22.1 Å². The van der Waals surface area contributed by atoms with Crippen LogP contribution in [0.5, 0.6) is 0 Å². The Hall–Kier alpha value is -1.74. The number of nitrogens with zero attached hydrogens (tertiary/aromatic N) is 1. The second-order valence-corrected chi connectivity index (χ2v) is 7.62. The number of ether oxygens (including phenoxy) is 1. The molecular formula is C20H23NOS. The van der Waals surface area contributed by atoms with E-state index < -0.39 is 0 Å². The Bertz CT molecular complexity index is 719. The van der Waals surface area contributed by atoms with Crippen LogP contribution in [0.15, 0.2) is 48.0 Å². The van der Waals surface area contributed by atoms with Crippen LogP contribution in [-0.4, -0.2) is 17.3 Å². The highest BCUT2D eigenvalue weighted by Crippen LogP contribution is 2.42. The minimum atomic E-state index is 0.236. The Morgan fingerprint density at radius 3 is 2.83 bits per heavy atom. The van der Waals surface area contributed by atoms with Gasteiger partial charge in [0.25, 0.3) is 0 Å². The van der Waals surface area contributed by atoms with Gasteiger partial charge in [-0.1, -0.05) is 26.5 Å². The highest BCUT2D eigenvalue weighted by atomic mass is 32.2. The van der Waals surface area contributed by atoms with E-state index in [-0.39, 0.29) is 5.41 Å². The quantitative estimate of drug-likeness (QED) is 0.690. The van der Waals surface area contributed by atoms with Crippen molar-refractivity contribution in [2.45, 2.75) is 37.5 Å². The molecule has 0 unspecified atom stereocenters. The first-order chi connectivity index (χ1) is 11.0. The van der Waals surface area contributed by atoms with Crippen LogP contribution in [-0.2, 0) is 10.2 Å². The van der Waals surface area contributed by atoms with Gasteiger partial charge in [-0.25, -0.2) is 0 Å². The molecule has 3 heteroatoms. The smallest absolute Gasteiger partial charge is 0.120 e. The van der Waals surface area contributed by atoms with Gasteiger partial charge in [0.05, 0.1) is 12.3 Å². The van der Waals surface area contributed by atoms with Crippen LogP contribution in [0.1, 0.15) is 38.3 Å². The van der Waals surface area contributed by atoms with Crippen molar-refractivity contribution in [3.63, 3.8) is 0 Å². The minimum absolute atomic E-state index is 0.236.